The highest BCUT2D eigenvalue weighted by atomic mass is 32.2. The van der Waals surface area contributed by atoms with Crippen LogP contribution in [0.1, 0.15) is 44.9 Å². The predicted molar refractivity (Wildman–Crippen MR) is 134 cm³/mol. The van der Waals surface area contributed by atoms with Crippen LogP contribution in [-0.2, 0) is 0 Å². The first kappa shape index (κ1) is 24.2. The number of para-hydroxylation sites is 1. The summed E-state index contributed by atoms with van der Waals surface area (Å²) in [6.45, 7) is 8.58. The molecule has 0 saturated carbocycles. The fourth-order valence-corrected chi connectivity index (χ4v) is 5.09. The van der Waals surface area contributed by atoms with Gasteiger partial charge < -0.3 is 14.5 Å². The first-order valence-corrected chi connectivity index (χ1v) is 13.2. The molecule has 0 amide bonds. The Morgan fingerprint density at radius 2 is 1.19 bits per heavy atom. The quantitative estimate of drug-likeness (QED) is 0.305. The Labute approximate surface area is 194 Å². The van der Waals surface area contributed by atoms with Crippen LogP contribution in [0.15, 0.2) is 65.6 Å². The van der Waals surface area contributed by atoms with E-state index in [0.29, 0.717) is 0 Å². The number of unbranched alkanes of at least 4 members (excludes halogenated alkanes) is 1. The van der Waals surface area contributed by atoms with Gasteiger partial charge in [0.15, 0.2) is 0 Å². The average Bonchev–Trinajstić information content (AvgIpc) is 3.53. The number of hydrogen-bond donors (Lipinski definition) is 0. The van der Waals surface area contributed by atoms with Gasteiger partial charge in [0.05, 0.1) is 6.61 Å². The fraction of sp³-hybridized carbons (Fsp3) is 0.556. The number of thioether (sulfide) groups is 1. The number of hydrogen-bond acceptors (Lipinski definition) is 4. The smallest absolute Gasteiger partial charge is 0.119 e. The minimum absolute atomic E-state index is 0.834. The fourth-order valence-electron chi connectivity index (χ4n) is 4.15. The maximum absolute atomic E-state index is 5.64. The van der Waals surface area contributed by atoms with Crippen molar-refractivity contribution in [3.05, 3.63) is 60.7 Å². The normalized spacial score (nSPS) is 16.8. The Bertz CT molecular complexity index is 670. The monoisotopic (exact) mass is 440 g/mol. The summed E-state index contributed by atoms with van der Waals surface area (Å²) in [5.74, 6) is 2.25. The molecule has 0 radical (unpaired) electrons. The number of benzene rings is 2. The molecule has 3 nitrogen and oxygen atoms in total. The Kier molecular flexibility index (Phi) is 12.0. The molecule has 0 atom stereocenters. The van der Waals surface area contributed by atoms with E-state index in [4.69, 9.17) is 4.74 Å². The van der Waals surface area contributed by atoms with E-state index in [1.54, 1.807) is 0 Å². The second-order valence-corrected chi connectivity index (χ2v) is 9.65. The molecule has 2 aliphatic rings. The van der Waals surface area contributed by atoms with E-state index < -0.39 is 0 Å². The number of ether oxygens (including phenoxy) is 1. The first-order chi connectivity index (χ1) is 15.4. The zero-order valence-corrected chi connectivity index (χ0v) is 19.9. The highest BCUT2D eigenvalue weighted by molar-refractivity contribution is 7.99. The minimum Gasteiger partial charge on any atom is -0.494 e. The van der Waals surface area contributed by atoms with Gasteiger partial charge in [0.25, 0.3) is 0 Å². The summed E-state index contributed by atoms with van der Waals surface area (Å²) >= 11 is 1.98. The van der Waals surface area contributed by atoms with Crippen molar-refractivity contribution >= 4 is 11.8 Å². The molecule has 2 heterocycles. The second kappa shape index (κ2) is 15.3. The molecule has 2 aromatic carbocycles. The number of likely N-dealkylation sites (tertiary alicyclic amines) is 2. The molecule has 31 heavy (non-hydrogen) atoms. The molecule has 2 fully saturated rings. The van der Waals surface area contributed by atoms with E-state index in [1.807, 2.05) is 42.1 Å². The van der Waals surface area contributed by atoms with E-state index in [-0.39, 0.29) is 0 Å². The minimum atomic E-state index is 0.834. The third-order valence-corrected chi connectivity index (χ3v) is 7.01. The van der Waals surface area contributed by atoms with E-state index in [1.165, 1.54) is 88.4 Å². The Morgan fingerprint density at radius 1 is 0.645 bits per heavy atom. The summed E-state index contributed by atoms with van der Waals surface area (Å²) in [7, 11) is 0. The van der Waals surface area contributed by atoms with Crippen LogP contribution in [0.4, 0.5) is 0 Å². The largest absolute Gasteiger partial charge is 0.494 e. The summed E-state index contributed by atoms with van der Waals surface area (Å²) in [6.07, 6.45) is 9.42. The lowest BCUT2D eigenvalue weighted by Crippen LogP contribution is -2.21. The summed E-state index contributed by atoms with van der Waals surface area (Å²) in [4.78, 5) is 6.53. The lowest BCUT2D eigenvalue weighted by atomic mass is 10.3. The Balaban J connectivity index is 0.000000176. The van der Waals surface area contributed by atoms with Gasteiger partial charge >= 0.3 is 0 Å². The van der Waals surface area contributed by atoms with Crippen LogP contribution in [0.25, 0.3) is 0 Å². The van der Waals surface area contributed by atoms with Gasteiger partial charge in [-0.15, -0.1) is 11.8 Å². The van der Waals surface area contributed by atoms with E-state index in [2.05, 4.69) is 40.1 Å². The van der Waals surface area contributed by atoms with E-state index in [9.17, 15) is 0 Å². The lowest BCUT2D eigenvalue weighted by Gasteiger charge is -2.14. The van der Waals surface area contributed by atoms with Crippen molar-refractivity contribution in [2.45, 2.75) is 49.8 Å². The standard InChI is InChI=1S/C14H21NS.C13H19NO/c1-2-8-14(9-3-1)16-13-7-6-12-15-10-4-5-11-15;1-2-7-13(8-3-1)15-12-6-11-14-9-4-5-10-14/h1-3,8-9H,4-7,10-13H2;1-3,7-8H,4-6,9-12H2. The highest BCUT2D eigenvalue weighted by Crippen LogP contribution is 2.18. The maximum Gasteiger partial charge on any atom is 0.119 e. The Morgan fingerprint density at radius 3 is 1.81 bits per heavy atom. The third kappa shape index (κ3) is 10.6. The van der Waals surface area contributed by atoms with Gasteiger partial charge in [-0.25, -0.2) is 0 Å². The Hall–Kier alpha value is -1.49. The average molecular weight is 441 g/mol. The van der Waals surface area contributed by atoms with Crippen LogP contribution >= 0.6 is 11.8 Å². The third-order valence-electron chi connectivity index (χ3n) is 5.91. The molecule has 2 saturated heterocycles. The number of nitrogens with zero attached hydrogens (tertiary/aromatic N) is 2. The second-order valence-electron chi connectivity index (χ2n) is 8.48. The molecule has 4 rings (SSSR count). The molecular formula is C27H40N2OS. The van der Waals surface area contributed by atoms with Crippen LogP contribution in [0.3, 0.4) is 0 Å². The molecule has 0 aromatic heterocycles. The van der Waals surface area contributed by atoms with Crippen LogP contribution in [0.5, 0.6) is 5.75 Å². The molecular weight excluding hydrogens is 400 g/mol. The molecule has 0 bridgehead atoms. The van der Waals surface area contributed by atoms with Gasteiger partial charge in [-0.1, -0.05) is 36.4 Å². The summed E-state index contributed by atoms with van der Waals surface area (Å²) in [6, 6.07) is 20.8. The van der Waals surface area contributed by atoms with Gasteiger partial charge in [-0.05, 0) is 108 Å². The van der Waals surface area contributed by atoms with Gasteiger partial charge in [0.1, 0.15) is 5.75 Å². The van der Waals surface area contributed by atoms with Crippen molar-refractivity contribution in [2.75, 3.05) is 51.6 Å². The van der Waals surface area contributed by atoms with Crippen molar-refractivity contribution in [3.63, 3.8) is 0 Å². The maximum atomic E-state index is 5.64. The van der Waals surface area contributed by atoms with Crippen molar-refractivity contribution in [3.8, 4) is 5.75 Å². The van der Waals surface area contributed by atoms with Crippen LogP contribution in [0, 0.1) is 0 Å². The summed E-state index contributed by atoms with van der Waals surface area (Å²) < 4.78 is 5.64. The predicted octanol–water partition coefficient (Wildman–Crippen LogP) is 6.21. The number of rotatable bonds is 11. The zero-order chi connectivity index (χ0) is 21.4. The van der Waals surface area contributed by atoms with Crippen molar-refractivity contribution in [1.82, 2.24) is 9.80 Å². The molecule has 4 heteroatoms. The zero-order valence-electron chi connectivity index (χ0n) is 19.1. The SMILES string of the molecule is c1ccc(OCCCN2CCCC2)cc1.c1ccc(SCCCCN2CCCC2)cc1. The topological polar surface area (TPSA) is 15.7 Å². The summed E-state index contributed by atoms with van der Waals surface area (Å²) in [5, 5.41) is 0. The van der Waals surface area contributed by atoms with Gasteiger partial charge in [0, 0.05) is 11.4 Å². The molecule has 0 aliphatic carbocycles. The first-order valence-electron chi connectivity index (χ1n) is 12.2. The van der Waals surface area contributed by atoms with E-state index in [0.717, 1.165) is 18.8 Å². The van der Waals surface area contributed by atoms with Crippen LogP contribution in [0.2, 0.25) is 0 Å². The van der Waals surface area contributed by atoms with Crippen LogP contribution in [-0.4, -0.2) is 61.4 Å². The molecule has 0 spiro atoms. The van der Waals surface area contributed by atoms with Crippen molar-refractivity contribution in [1.29, 1.82) is 0 Å². The van der Waals surface area contributed by atoms with Crippen LogP contribution < -0.4 is 4.74 Å². The van der Waals surface area contributed by atoms with E-state index >= 15 is 0 Å². The molecule has 2 aliphatic heterocycles. The molecule has 2 aromatic rings. The van der Waals surface area contributed by atoms with Crippen molar-refractivity contribution < 1.29 is 4.74 Å². The lowest BCUT2D eigenvalue weighted by molar-refractivity contribution is 0.263. The molecule has 0 N–H and O–H groups in total. The highest BCUT2D eigenvalue weighted by Gasteiger charge is 2.10. The molecule has 170 valence electrons. The van der Waals surface area contributed by atoms with Gasteiger partial charge in [0.2, 0.25) is 0 Å². The summed E-state index contributed by atoms with van der Waals surface area (Å²) in [5.41, 5.74) is 0. The van der Waals surface area contributed by atoms with Crippen molar-refractivity contribution in [2.24, 2.45) is 0 Å². The molecule has 0 unspecified atom stereocenters. The van der Waals surface area contributed by atoms with Gasteiger partial charge in [-0.2, -0.15) is 0 Å². The van der Waals surface area contributed by atoms with Gasteiger partial charge in [-0.3, -0.25) is 0 Å².